The van der Waals surface area contributed by atoms with E-state index in [2.05, 4.69) is 24.3 Å². The third-order valence-electron chi connectivity index (χ3n) is 4.51. The molecule has 0 unspecified atom stereocenters. The molecule has 0 saturated heterocycles. The van der Waals surface area contributed by atoms with Crippen LogP contribution in [0.2, 0.25) is 0 Å². The van der Waals surface area contributed by atoms with E-state index < -0.39 is 0 Å². The lowest BCUT2D eigenvalue weighted by Gasteiger charge is -2.26. The molecule has 2 nitrogen and oxygen atoms in total. The second-order valence-corrected chi connectivity index (χ2v) is 5.62. The third kappa shape index (κ3) is 1.30. The van der Waals surface area contributed by atoms with Crippen LogP contribution in [-0.2, 0) is 11.2 Å². The zero-order valence-electron chi connectivity index (χ0n) is 11.3. The molecule has 0 bridgehead atoms. The molecule has 2 heteroatoms. The third-order valence-corrected chi connectivity index (χ3v) is 4.51. The van der Waals surface area contributed by atoms with Crippen molar-refractivity contribution in [2.24, 2.45) is 0 Å². The number of fused-ring (bicyclic) bond motifs is 1. The van der Waals surface area contributed by atoms with Crippen molar-refractivity contribution in [3.63, 3.8) is 0 Å². The van der Waals surface area contributed by atoms with E-state index >= 15 is 0 Å². The van der Waals surface area contributed by atoms with E-state index in [4.69, 9.17) is 4.74 Å². The molecular weight excluding hydrogens is 260 g/mol. The maximum Gasteiger partial charge on any atom is 0.228 e. The molecule has 0 aromatic heterocycles. The van der Waals surface area contributed by atoms with E-state index in [0.717, 1.165) is 28.5 Å². The lowest BCUT2D eigenvalue weighted by Crippen LogP contribution is -2.17. The van der Waals surface area contributed by atoms with E-state index in [1.807, 2.05) is 24.3 Å². The molecule has 100 valence electrons. The predicted molar refractivity (Wildman–Crippen MR) is 83.0 cm³/mol. The van der Waals surface area contributed by atoms with Gasteiger partial charge in [0.05, 0.1) is 0 Å². The Morgan fingerprint density at radius 2 is 1.81 bits per heavy atom. The van der Waals surface area contributed by atoms with E-state index in [9.17, 15) is 4.79 Å². The second-order valence-electron chi connectivity index (χ2n) is 5.62. The molecule has 1 aliphatic heterocycles. The van der Waals surface area contributed by atoms with Crippen LogP contribution in [-0.4, -0.2) is 12.4 Å². The summed E-state index contributed by atoms with van der Waals surface area (Å²) in [5.41, 5.74) is 5.32. The monoisotopic (exact) mass is 272 g/mol. The summed E-state index contributed by atoms with van der Waals surface area (Å²) in [6, 6.07) is 8.29. The molecule has 3 aliphatic rings. The molecule has 1 heterocycles. The van der Waals surface area contributed by atoms with Gasteiger partial charge in [0.1, 0.15) is 6.61 Å². The lowest BCUT2D eigenvalue weighted by molar-refractivity contribution is 0.0937. The smallest absolute Gasteiger partial charge is 0.228 e. The van der Waals surface area contributed by atoms with Crippen molar-refractivity contribution in [3.8, 4) is 0 Å². The van der Waals surface area contributed by atoms with Gasteiger partial charge in [-0.25, -0.2) is 0 Å². The lowest BCUT2D eigenvalue weighted by atomic mass is 9.81. The molecule has 0 fully saturated rings. The van der Waals surface area contributed by atoms with Gasteiger partial charge >= 0.3 is 0 Å². The normalized spacial score (nSPS) is 18.0. The van der Waals surface area contributed by atoms with Crippen molar-refractivity contribution in [1.29, 1.82) is 0 Å². The Morgan fingerprint density at radius 1 is 0.905 bits per heavy atom. The summed E-state index contributed by atoms with van der Waals surface area (Å²) in [5.74, 6) is 0.513. The quantitative estimate of drug-likeness (QED) is 0.727. The number of hydrogen-bond acceptors (Lipinski definition) is 2. The van der Waals surface area contributed by atoms with Gasteiger partial charge in [-0.1, -0.05) is 36.4 Å². The fourth-order valence-electron chi connectivity index (χ4n) is 3.60. The maximum absolute atomic E-state index is 12.7. The van der Waals surface area contributed by atoms with Gasteiger partial charge < -0.3 is 4.74 Å². The van der Waals surface area contributed by atoms with Crippen molar-refractivity contribution in [2.45, 2.75) is 6.42 Å². The van der Waals surface area contributed by atoms with Gasteiger partial charge in [0.15, 0.2) is 5.76 Å². The predicted octanol–water partition coefficient (Wildman–Crippen LogP) is 3.90. The van der Waals surface area contributed by atoms with Crippen LogP contribution in [0.15, 0.2) is 48.3 Å². The Balaban J connectivity index is 2.00. The standard InChI is InChI=1S/C19H12O2/c20-18-15-9-7-12-4-1-3-11-6-8-13(17(15)16(11)12)14-5-2-10-21-19(14)18/h1-2,4-9H,3,10H2. The highest BCUT2D eigenvalue weighted by atomic mass is 16.5. The maximum atomic E-state index is 12.7. The number of carbonyl (C=O) groups excluding carboxylic acids is 1. The van der Waals surface area contributed by atoms with E-state index in [0.29, 0.717) is 12.4 Å². The summed E-state index contributed by atoms with van der Waals surface area (Å²) in [7, 11) is 0. The Morgan fingerprint density at radius 3 is 2.76 bits per heavy atom. The number of allylic oxidation sites excluding steroid dienone is 4. The van der Waals surface area contributed by atoms with Gasteiger partial charge in [-0.3, -0.25) is 4.79 Å². The van der Waals surface area contributed by atoms with Crippen molar-refractivity contribution in [3.05, 3.63) is 70.5 Å². The number of carbonyl (C=O) groups is 1. The van der Waals surface area contributed by atoms with E-state index in [1.165, 1.54) is 16.5 Å². The first-order valence-corrected chi connectivity index (χ1v) is 7.18. The number of rotatable bonds is 0. The van der Waals surface area contributed by atoms with Crippen LogP contribution in [0, 0.1) is 0 Å². The van der Waals surface area contributed by atoms with Crippen molar-refractivity contribution in [1.82, 2.24) is 0 Å². The molecule has 0 saturated carbocycles. The highest BCUT2D eigenvalue weighted by molar-refractivity contribution is 6.26. The molecule has 2 aromatic carbocycles. The summed E-state index contributed by atoms with van der Waals surface area (Å²) in [6.45, 7) is 0.474. The molecule has 0 amide bonds. The zero-order chi connectivity index (χ0) is 14.0. The van der Waals surface area contributed by atoms with Gasteiger partial charge in [0.25, 0.3) is 0 Å². The van der Waals surface area contributed by atoms with Gasteiger partial charge in [-0.05, 0) is 40.6 Å². The summed E-state index contributed by atoms with van der Waals surface area (Å²) < 4.78 is 5.61. The molecule has 5 rings (SSSR count). The van der Waals surface area contributed by atoms with Crippen LogP contribution in [0.4, 0.5) is 0 Å². The average Bonchev–Trinajstić information content (AvgIpc) is 2.55. The van der Waals surface area contributed by atoms with E-state index in [-0.39, 0.29) is 5.78 Å². The highest BCUT2D eigenvalue weighted by Gasteiger charge is 2.30. The van der Waals surface area contributed by atoms with Crippen LogP contribution < -0.4 is 0 Å². The first-order chi connectivity index (χ1) is 10.3. The number of ketones is 1. The fourth-order valence-corrected chi connectivity index (χ4v) is 3.60. The van der Waals surface area contributed by atoms with Gasteiger partial charge in [0.2, 0.25) is 5.78 Å². The Bertz CT molecular complexity index is 926. The first kappa shape index (κ1) is 11.1. The number of benzene rings is 2. The summed E-state index contributed by atoms with van der Waals surface area (Å²) in [5, 5.41) is 2.32. The molecule has 2 aliphatic carbocycles. The second kappa shape index (κ2) is 3.73. The Hall–Kier alpha value is -2.61. The molecule has 0 radical (unpaired) electrons. The van der Waals surface area contributed by atoms with Crippen LogP contribution in [0.3, 0.4) is 0 Å². The SMILES string of the molecule is O=C1C2=C(C=CCO2)c2ccc3c4c(ccc1c24)C=CC3. The minimum Gasteiger partial charge on any atom is -0.485 e. The number of ether oxygens (including phenoxy) is 1. The van der Waals surface area contributed by atoms with E-state index in [1.54, 1.807) is 0 Å². The van der Waals surface area contributed by atoms with Gasteiger partial charge in [-0.2, -0.15) is 0 Å². The Kier molecular flexibility index (Phi) is 1.97. The number of Topliss-reactive ketones (excluding diaryl/α,β-unsaturated/α-hetero) is 1. The van der Waals surface area contributed by atoms with Crippen LogP contribution >= 0.6 is 0 Å². The fraction of sp³-hybridized carbons (Fsp3) is 0.105. The van der Waals surface area contributed by atoms with Crippen LogP contribution in [0.1, 0.15) is 27.0 Å². The molecule has 0 atom stereocenters. The molecule has 21 heavy (non-hydrogen) atoms. The van der Waals surface area contributed by atoms with Crippen LogP contribution in [0.5, 0.6) is 0 Å². The van der Waals surface area contributed by atoms with Crippen molar-refractivity contribution in [2.75, 3.05) is 6.61 Å². The summed E-state index contributed by atoms with van der Waals surface area (Å²) in [6.07, 6.45) is 9.24. The van der Waals surface area contributed by atoms with Gasteiger partial charge in [0, 0.05) is 16.5 Å². The average molecular weight is 272 g/mol. The van der Waals surface area contributed by atoms with Crippen LogP contribution in [0.25, 0.3) is 22.4 Å². The minimum absolute atomic E-state index is 0.0140. The first-order valence-electron chi connectivity index (χ1n) is 7.18. The Labute approximate surface area is 122 Å². The summed E-state index contributed by atoms with van der Waals surface area (Å²) in [4.78, 5) is 12.7. The molecule has 2 aromatic rings. The highest BCUT2D eigenvalue weighted by Crippen LogP contribution is 2.42. The topological polar surface area (TPSA) is 26.3 Å². The largest absolute Gasteiger partial charge is 0.485 e. The molecule has 0 spiro atoms. The van der Waals surface area contributed by atoms with Crippen molar-refractivity contribution >= 4 is 28.2 Å². The number of hydrogen-bond donors (Lipinski definition) is 0. The van der Waals surface area contributed by atoms with Crippen molar-refractivity contribution < 1.29 is 9.53 Å². The summed E-state index contributed by atoms with van der Waals surface area (Å²) >= 11 is 0. The molecule has 0 N–H and O–H groups in total. The zero-order valence-corrected chi connectivity index (χ0v) is 11.3. The molecular formula is C19H12O2. The minimum atomic E-state index is 0.0140. The van der Waals surface area contributed by atoms with Gasteiger partial charge in [-0.15, -0.1) is 0 Å².